The topological polar surface area (TPSA) is 60.4 Å². The summed E-state index contributed by atoms with van der Waals surface area (Å²) < 4.78 is 30.0. The van der Waals surface area contributed by atoms with Gasteiger partial charge in [-0.05, 0) is 38.3 Å². The number of esters is 1. The van der Waals surface area contributed by atoms with E-state index in [0.29, 0.717) is 5.56 Å². The third-order valence-corrected chi connectivity index (χ3v) is 4.98. The molecule has 1 aromatic rings. The molecule has 0 aliphatic rings. The molecule has 0 N–H and O–H groups in total. The van der Waals surface area contributed by atoms with Gasteiger partial charge in [-0.3, -0.25) is 4.79 Å². The Hall–Kier alpha value is -1.36. The van der Waals surface area contributed by atoms with Crippen LogP contribution in [0.25, 0.3) is 0 Å². The maximum atomic E-state index is 12.4. The van der Waals surface area contributed by atoms with E-state index in [4.69, 9.17) is 4.74 Å². The van der Waals surface area contributed by atoms with Gasteiger partial charge in [-0.1, -0.05) is 31.5 Å². The van der Waals surface area contributed by atoms with E-state index >= 15 is 0 Å². The SMILES string of the molecule is Cc1ccc(S(=O)(=O)CC(C)C)c(CC(=O)OC(C)C)c1. The molecule has 0 aromatic heterocycles. The molecule has 0 radical (unpaired) electrons. The molecule has 1 aromatic carbocycles. The van der Waals surface area contributed by atoms with Crippen molar-refractivity contribution in [2.75, 3.05) is 5.75 Å². The molecule has 0 bridgehead atoms. The average molecular weight is 312 g/mol. The van der Waals surface area contributed by atoms with Crippen molar-refractivity contribution in [1.29, 1.82) is 0 Å². The van der Waals surface area contributed by atoms with E-state index in [2.05, 4.69) is 0 Å². The van der Waals surface area contributed by atoms with E-state index in [9.17, 15) is 13.2 Å². The highest BCUT2D eigenvalue weighted by molar-refractivity contribution is 7.91. The molecule has 21 heavy (non-hydrogen) atoms. The number of ether oxygens (including phenoxy) is 1. The Balaban J connectivity index is 3.14. The van der Waals surface area contributed by atoms with Crippen LogP contribution in [0.4, 0.5) is 0 Å². The standard InChI is InChI=1S/C16H24O4S/c1-11(2)10-21(18,19)15-7-6-13(5)8-14(15)9-16(17)20-12(3)4/h6-8,11-12H,9-10H2,1-5H3. The molecule has 0 amide bonds. The van der Waals surface area contributed by atoms with E-state index in [1.807, 2.05) is 20.8 Å². The Morgan fingerprint density at radius 2 is 1.81 bits per heavy atom. The van der Waals surface area contributed by atoms with Crippen LogP contribution in [0.5, 0.6) is 0 Å². The summed E-state index contributed by atoms with van der Waals surface area (Å²) in [5.41, 5.74) is 1.44. The van der Waals surface area contributed by atoms with Crippen molar-refractivity contribution in [3.63, 3.8) is 0 Å². The second-order valence-corrected chi connectivity index (χ2v) is 8.00. The largest absolute Gasteiger partial charge is 0.463 e. The van der Waals surface area contributed by atoms with Crippen LogP contribution in [-0.2, 0) is 25.8 Å². The average Bonchev–Trinajstić information content (AvgIpc) is 2.24. The van der Waals surface area contributed by atoms with Gasteiger partial charge in [-0.25, -0.2) is 8.42 Å². The summed E-state index contributed by atoms with van der Waals surface area (Å²) in [6.45, 7) is 9.13. The van der Waals surface area contributed by atoms with Crippen molar-refractivity contribution in [3.05, 3.63) is 29.3 Å². The molecule has 118 valence electrons. The van der Waals surface area contributed by atoms with Crippen molar-refractivity contribution in [3.8, 4) is 0 Å². The third-order valence-electron chi connectivity index (χ3n) is 2.81. The fraction of sp³-hybridized carbons (Fsp3) is 0.562. The molecule has 0 unspecified atom stereocenters. The third kappa shape index (κ3) is 5.50. The van der Waals surface area contributed by atoms with E-state index in [1.165, 1.54) is 0 Å². The summed E-state index contributed by atoms with van der Waals surface area (Å²) in [6.07, 6.45) is -0.231. The van der Waals surface area contributed by atoms with Gasteiger partial charge in [0.1, 0.15) is 0 Å². The molecule has 1 rings (SSSR count). The van der Waals surface area contributed by atoms with Gasteiger partial charge in [0.05, 0.1) is 23.2 Å². The fourth-order valence-electron chi connectivity index (χ4n) is 2.14. The molecule has 5 heteroatoms. The first kappa shape index (κ1) is 17.7. The zero-order valence-corrected chi connectivity index (χ0v) is 14.2. The lowest BCUT2D eigenvalue weighted by Gasteiger charge is -2.14. The molecule has 0 aliphatic carbocycles. The molecular formula is C16H24O4S. The lowest BCUT2D eigenvalue weighted by atomic mass is 10.1. The maximum Gasteiger partial charge on any atom is 0.310 e. The Bertz CT molecular complexity index is 601. The van der Waals surface area contributed by atoms with E-state index < -0.39 is 15.8 Å². The molecule has 0 atom stereocenters. The van der Waals surface area contributed by atoms with Crippen molar-refractivity contribution in [2.24, 2.45) is 5.92 Å². The number of hydrogen-bond donors (Lipinski definition) is 0. The van der Waals surface area contributed by atoms with Gasteiger partial charge in [-0.2, -0.15) is 0 Å². The van der Waals surface area contributed by atoms with Crippen molar-refractivity contribution >= 4 is 15.8 Å². The summed E-state index contributed by atoms with van der Waals surface area (Å²) in [7, 11) is -3.39. The Kier molecular flexibility index (Phi) is 5.96. The first-order valence-corrected chi connectivity index (χ1v) is 8.79. The Morgan fingerprint density at radius 1 is 1.19 bits per heavy atom. The predicted octanol–water partition coefficient (Wildman–Crippen LogP) is 2.92. The van der Waals surface area contributed by atoms with E-state index in [-0.39, 0.29) is 29.1 Å². The number of benzene rings is 1. The quantitative estimate of drug-likeness (QED) is 0.758. The molecule has 0 spiro atoms. The van der Waals surface area contributed by atoms with Gasteiger partial charge in [0, 0.05) is 0 Å². The summed E-state index contributed by atoms with van der Waals surface area (Å²) in [5, 5.41) is 0. The van der Waals surface area contributed by atoms with Crippen LogP contribution in [0.2, 0.25) is 0 Å². The van der Waals surface area contributed by atoms with Gasteiger partial charge in [-0.15, -0.1) is 0 Å². The zero-order valence-electron chi connectivity index (χ0n) is 13.3. The zero-order chi connectivity index (χ0) is 16.2. The fourth-order valence-corrected chi connectivity index (χ4v) is 4.00. The van der Waals surface area contributed by atoms with Gasteiger partial charge in [0.25, 0.3) is 0 Å². The number of carbonyl (C=O) groups is 1. The molecule has 0 saturated heterocycles. The van der Waals surface area contributed by atoms with Crippen LogP contribution < -0.4 is 0 Å². The van der Waals surface area contributed by atoms with E-state index in [1.54, 1.807) is 32.0 Å². The van der Waals surface area contributed by atoms with Gasteiger partial charge in [0.15, 0.2) is 9.84 Å². The van der Waals surface area contributed by atoms with Crippen LogP contribution in [0.3, 0.4) is 0 Å². The van der Waals surface area contributed by atoms with Crippen LogP contribution >= 0.6 is 0 Å². The summed E-state index contributed by atoms with van der Waals surface area (Å²) >= 11 is 0. The van der Waals surface area contributed by atoms with Gasteiger partial charge < -0.3 is 4.74 Å². The molecule has 0 saturated carbocycles. The van der Waals surface area contributed by atoms with Crippen LogP contribution in [-0.4, -0.2) is 26.2 Å². The van der Waals surface area contributed by atoms with Crippen LogP contribution in [0, 0.1) is 12.8 Å². The van der Waals surface area contributed by atoms with Gasteiger partial charge >= 0.3 is 5.97 Å². The Labute approximate surface area is 127 Å². The highest BCUT2D eigenvalue weighted by Crippen LogP contribution is 2.21. The second kappa shape index (κ2) is 7.07. The van der Waals surface area contributed by atoms with Crippen molar-refractivity contribution < 1.29 is 17.9 Å². The minimum absolute atomic E-state index is 0.0213. The first-order valence-electron chi connectivity index (χ1n) is 7.13. The predicted molar refractivity (Wildman–Crippen MR) is 83.0 cm³/mol. The number of carbonyl (C=O) groups excluding carboxylic acids is 1. The lowest BCUT2D eigenvalue weighted by molar-refractivity contribution is -0.146. The smallest absolute Gasteiger partial charge is 0.310 e. The monoisotopic (exact) mass is 312 g/mol. The van der Waals surface area contributed by atoms with Crippen molar-refractivity contribution in [1.82, 2.24) is 0 Å². The Morgan fingerprint density at radius 3 is 2.33 bits per heavy atom. The van der Waals surface area contributed by atoms with Gasteiger partial charge in [0.2, 0.25) is 0 Å². The van der Waals surface area contributed by atoms with Crippen LogP contribution in [0.15, 0.2) is 23.1 Å². The maximum absolute atomic E-state index is 12.4. The molecule has 4 nitrogen and oxygen atoms in total. The van der Waals surface area contributed by atoms with E-state index in [0.717, 1.165) is 5.56 Å². The molecular weight excluding hydrogens is 288 g/mol. The first-order chi connectivity index (χ1) is 9.61. The second-order valence-electron chi connectivity index (χ2n) is 6.00. The summed E-state index contributed by atoms with van der Waals surface area (Å²) in [5.74, 6) is -0.300. The minimum atomic E-state index is -3.39. The highest BCUT2D eigenvalue weighted by Gasteiger charge is 2.22. The minimum Gasteiger partial charge on any atom is -0.463 e. The highest BCUT2D eigenvalue weighted by atomic mass is 32.2. The summed E-state index contributed by atoms with van der Waals surface area (Å²) in [4.78, 5) is 12.1. The summed E-state index contributed by atoms with van der Waals surface area (Å²) in [6, 6.07) is 5.09. The lowest BCUT2D eigenvalue weighted by Crippen LogP contribution is -2.18. The number of aryl methyl sites for hydroxylation is 1. The normalized spacial score (nSPS) is 12.0. The number of rotatable bonds is 6. The number of sulfone groups is 1. The molecule has 0 aliphatic heterocycles. The molecule has 0 heterocycles. The van der Waals surface area contributed by atoms with Crippen LogP contribution in [0.1, 0.15) is 38.8 Å². The number of hydrogen-bond acceptors (Lipinski definition) is 4. The van der Waals surface area contributed by atoms with Crippen molar-refractivity contribution in [2.45, 2.75) is 52.0 Å². The molecule has 0 fully saturated rings.